The number of piperazine rings is 1. The molecular formula is C16H22N6O3. The molecule has 2 aromatic heterocycles. The molecule has 9 nitrogen and oxygen atoms in total. The van der Waals surface area contributed by atoms with Gasteiger partial charge in [-0.15, -0.1) is 5.10 Å². The number of carbonyl (C=O) groups excluding carboxylic acids is 2. The number of carbonyl (C=O) groups is 2. The predicted molar refractivity (Wildman–Crippen MR) is 91.2 cm³/mol. The van der Waals surface area contributed by atoms with Crippen molar-refractivity contribution in [3.8, 4) is 0 Å². The molecular weight excluding hydrogens is 324 g/mol. The van der Waals surface area contributed by atoms with Crippen molar-refractivity contribution in [1.29, 1.82) is 0 Å². The van der Waals surface area contributed by atoms with Gasteiger partial charge in [-0.25, -0.2) is 9.48 Å². The Hall–Kier alpha value is -2.68. The molecule has 0 unspecified atom stereocenters. The average Bonchev–Trinajstić information content (AvgIpc) is 2.92. The Morgan fingerprint density at radius 1 is 1.16 bits per heavy atom. The Balaban J connectivity index is 1.57. The molecule has 2 aromatic rings. The lowest BCUT2D eigenvalue weighted by Crippen LogP contribution is -2.52. The fourth-order valence-corrected chi connectivity index (χ4v) is 2.91. The maximum atomic E-state index is 12.4. The maximum Gasteiger partial charge on any atom is 0.350 e. The van der Waals surface area contributed by atoms with Gasteiger partial charge < -0.3 is 10.2 Å². The second-order valence-electron chi connectivity index (χ2n) is 5.98. The molecule has 25 heavy (non-hydrogen) atoms. The van der Waals surface area contributed by atoms with Gasteiger partial charge in [0, 0.05) is 38.9 Å². The highest BCUT2D eigenvalue weighted by atomic mass is 16.2. The van der Waals surface area contributed by atoms with Crippen molar-refractivity contribution in [2.24, 2.45) is 0 Å². The van der Waals surface area contributed by atoms with E-state index in [1.807, 2.05) is 11.8 Å². The third kappa shape index (κ3) is 3.87. The van der Waals surface area contributed by atoms with Crippen LogP contribution in [0.15, 0.2) is 29.2 Å². The number of nitrogens with zero attached hydrogens (tertiary/aromatic N) is 5. The highest BCUT2D eigenvalue weighted by molar-refractivity contribution is 5.78. The summed E-state index contributed by atoms with van der Waals surface area (Å²) in [6.45, 7) is 5.14. The molecule has 1 N–H and O–H groups in total. The zero-order chi connectivity index (χ0) is 17.8. The minimum atomic E-state index is -0.321. The molecule has 9 heteroatoms. The summed E-state index contributed by atoms with van der Waals surface area (Å²) in [6, 6.07) is 5.26. The lowest BCUT2D eigenvalue weighted by atomic mass is 10.3. The molecule has 0 aliphatic carbocycles. The fourth-order valence-electron chi connectivity index (χ4n) is 2.91. The van der Waals surface area contributed by atoms with E-state index in [0.717, 1.165) is 0 Å². The molecule has 0 spiro atoms. The van der Waals surface area contributed by atoms with E-state index in [2.05, 4.69) is 10.4 Å². The zero-order valence-electron chi connectivity index (χ0n) is 14.2. The van der Waals surface area contributed by atoms with Gasteiger partial charge in [-0.3, -0.25) is 18.9 Å². The van der Waals surface area contributed by atoms with Crippen molar-refractivity contribution in [3.05, 3.63) is 34.9 Å². The molecule has 0 bridgehead atoms. The molecule has 0 atom stereocenters. The number of aromatic nitrogens is 3. The Morgan fingerprint density at radius 3 is 2.60 bits per heavy atom. The Morgan fingerprint density at radius 2 is 1.92 bits per heavy atom. The van der Waals surface area contributed by atoms with Crippen molar-refractivity contribution in [2.45, 2.75) is 13.5 Å². The number of amides is 2. The van der Waals surface area contributed by atoms with Gasteiger partial charge in [-0.2, -0.15) is 0 Å². The van der Waals surface area contributed by atoms with E-state index < -0.39 is 0 Å². The van der Waals surface area contributed by atoms with Crippen molar-refractivity contribution < 1.29 is 9.59 Å². The quantitative estimate of drug-likeness (QED) is 0.732. The topological polar surface area (TPSA) is 91.9 Å². The number of fused-ring (bicyclic) bond motifs is 1. The summed E-state index contributed by atoms with van der Waals surface area (Å²) in [5.41, 5.74) is 0.200. The summed E-state index contributed by atoms with van der Waals surface area (Å²) in [7, 11) is 0. The Labute approximate surface area is 144 Å². The summed E-state index contributed by atoms with van der Waals surface area (Å²) in [5.74, 6) is -0.137. The van der Waals surface area contributed by atoms with Gasteiger partial charge in [0.25, 0.3) is 0 Å². The summed E-state index contributed by atoms with van der Waals surface area (Å²) in [6.07, 6.45) is 1.63. The average molecular weight is 346 g/mol. The molecule has 1 saturated heterocycles. The van der Waals surface area contributed by atoms with Crippen LogP contribution in [0.1, 0.15) is 6.92 Å². The number of nitrogens with one attached hydrogen (secondary N) is 1. The van der Waals surface area contributed by atoms with Gasteiger partial charge in [0.15, 0.2) is 5.65 Å². The molecule has 1 fully saturated rings. The van der Waals surface area contributed by atoms with Crippen LogP contribution in [-0.4, -0.2) is 75.1 Å². The fraction of sp³-hybridized carbons (Fsp3) is 0.500. The van der Waals surface area contributed by atoms with Crippen LogP contribution in [0.5, 0.6) is 0 Å². The van der Waals surface area contributed by atoms with Crippen LogP contribution < -0.4 is 11.0 Å². The van der Waals surface area contributed by atoms with E-state index in [9.17, 15) is 14.4 Å². The standard InChI is InChI=1S/C16H22N6O3/c1-2-17-14(23)11-19-7-9-20(10-8-19)15(24)12-22-16(25)21-6-4-3-5-13(21)18-22/h3-6H,2,7-12H2,1H3,(H,17,23). The van der Waals surface area contributed by atoms with Crippen molar-refractivity contribution in [1.82, 2.24) is 29.3 Å². The first-order valence-corrected chi connectivity index (χ1v) is 8.39. The monoisotopic (exact) mass is 346 g/mol. The van der Waals surface area contributed by atoms with Gasteiger partial charge in [0.05, 0.1) is 6.54 Å². The predicted octanol–water partition coefficient (Wildman–Crippen LogP) is -1.22. The van der Waals surface area contributed by atoms with Gasteiger partial charge in [0.1, 0.15) is 6.54 Å². The van der Waals surface area contributed by atoms with Crippen LogP contribution in [0.3, 0.4) is 0 Å². The van der Waals surface area contributed by atoms with E-state index >= 15 is 0 Å². The Bertz CT molecular complexity index is 819. The summed E-state index contributed by atoms with van der Waals surface area (Å²) >= 11 is 0. The van der Waals surface area contributed by atoms with Gasteiger partial charge in [0.2, 0.25) is 11.8 Å². The zero-order valence-corrected chi connectivity index (χ0v) is 14.2. The lowest BCUT2D eigenvalue weighted by Gasteiger charge is -2.34. The molecule has 3 rings (SSSR count). The molecule has 0 aromatic carbocycles. The lowest BCUT2D eigenvalue weighted by molar-refractivity contribution is -0.134. The second-order valence-corrected chi connectivity index (χ2v) is 5.98. The summed E-state index contributed by atoms with van der Waals surface area (Å²) < 4.78 is 2.61. The van der Waals surface area contributed by atoms with Crippen LogP contribution in [0, 0.1) is 0 Å². The smallest absolute Gasteiger partial charge is 0.350 e. The van der Waals surface area contributed by atoms with Crippen molar-refractivity contribution >= 4 is 17.5 Å². The molecule has 1 aliphatic heterocycles. The summed E-state index contributed by atoms with van der Waals surface area (Å²) in [5, 5.41) is 6.95. The molecule has 3 heterocycles. The molecule has 0 saturated carbocycles. The van der Waals surface area contributed by atoms with Gasteiger partial charge >= 0.3 is 5.69 Å². The van der Waals surface area contributed by atoms with Crippen molar-refractivity contribution in [2.75, 3.05) is 39.3 Å². The number of pyridine rings is 1. The first-order valence-electron chi connectivity index (χ1n) is 8.39. The van der Waals surface area contributed by atoms with E-state index in [0.29, 0.717) is 44.9 Å². The SMILES string of the molecule is CCNC(=O)CN1CCN(C(=O)Cn2nc3ccccn3c2=O)CC1. The van der Waals surface area contributed by atoms with Crippen LogP contribution in [0.25, 0.3) is 5.65 Å². The van der Waals surface area contributed by atoms with Crippen molar-refractivity contribution in [3.63, 3.8) is 0 Å². The van der Waals surface area contributed by atoms with Crippen LogP contribution in [-0.2, 0) is 16.1 Å². The van der Waals surface area contributed by atoms with Gasteiger partial charge in [-0.1, -0.05) is 6.07 Å². The second kappa shape index (κ2) is 7.47. The molecule has 134 valence electrons. The molecule has 2 amide bonds. The minimum absolute atomic E-state index is 0.00136. The van der Waals surface area contributed by atoms with Crippen LogP contribution >= 0.6 is 0 Å². The first kappa shape index (κ1) is 17.2. The largest absolute Gasteiger partial charge is 0.355 e. The number of likely N-dealkylation sites (N-methyl/N-ethyl adjacent to an activating group) is 1. The highest BCUT2D eigenvalue weighted by Crippen LogP contribution is 2.03. The highest BCUT2D eigenvalue weighted by Gasteiger charge is 2.23. The maximum absolute atomic E-state index is 12.4. The van der Waals surface area contributed by atoms with Crippen LogP contribution in [0.4, 0.5) is 0 Å². The molecule has 0 radical (unpaired) electrons. The normalized spacial score (nSPS) is 15.5. The Kier molecular flexibility index (Phi) is 5.13. The van der Waals surface area contributed by atoms with E-state index in [4.69, 9.17) is 0 Å². The number of rotatable bonds is 5. The third-order valence-corrected chi connectivity index (χ3v) is 4.24. The van der Waals surface area contributed by atoms with E-state index in [1.165, 1.54) is 9.08 Å². The molecule has 1 aliphatic rings. The number of hydrogen-bond donors (Lipinski definition) is 1. The summed E-state index contributed by atoms with van der Waals surface area (Å²) in [4.78, 5) is 40.0. The van der Waals surface area contributed by atoms with E-state index in [1.54, 1.807) is 29.3 Å². The van der Waals surface area contributed by atoms with Gasteiger partial charge in [-0.05, 0) is 19.1 Å². The third-order valence-electron chi connectivity index (χ3n) is 4.24. The van der Waals surface area contributed by atoms with E-state index in [-0.39, 0.29) is 24.0 Å². The van der Waals surface area contributed by atoms with Crippen LogP contribution in [0.2, 0.25) is 0 Å². The number of hydrogen-bond acceptors (Lipinski definition) is 5. The minimum Gasteiger partial charge on any atom is -0.355 e. The first-order chi connectivity index (χ1) is 12.1.